The van der Waals surface area contributed by atoms with E-state index in [1.54, 1.807) is 6.26 Å². The normalized spacial score (nSPS) is 25.8. The van der Waals surface area contributed by atoms with Crippen LogP contribution in [-0.4, -0.2) is 25.1 Å². The van der Waals surface area contributed by atoms with Crippen molar-refractivity contribution in [1.29, 1.82) is 0 Å². The Morgan fingerprint density at radius 3 is 3.15 bits per heavy atom. The maximum absolute atomic E-state index is 12.2. The second kappa shape index (κ2) is 6.90. The van der Waals surface area contributed by atoms with Crippen LogP contribution in [0, 0.1) is 5.41 Å². The van der Waals surface area contributed by atoms with Gasteiger partial charge in [-0.2, -0.15) is 0 Å². The van der Waals surface area contributed by atoms with Crippen molar-refractivity contribution in [3.63, 3.8) is 0 Å². The van der Waals surface area contributed by atoms with Crippen molar-refractivity contribution in [2.45, 2.75) is 45.3 Å². The van der Waals surface area contributed by atoms with Crippen molar-refractivity contribution in [3.05, 3.63) is 24.2 Å². The van der Waals surface area contributed by atoms with Gasteiger partial charge in [-0.1, -0.05) is 6.42 Å². The minimum Gasteiger partial charge on any atom is -0.467 e. The largest absolute Gasteiger partial charge is 0.467 e. The maximum Gasteiger partial charge on any atom is 0.227 e. The number of nitrogens with two attached hydrogens (primary N) is 1. The third-order valence-electron chi connectivity index (χ3n) is 4.12. The van der Waals surface area contributed by atoms with Crippen molar-refractivity contribution in [1.82, 2.24) is 5.32 Å². The zero-order valence-corrected chi connectivity index (χ0v) is 12.1. The number of rotatable bonds is 7. The van der Waals surface area contributed by atoms with Crippen molar-refractivity contribution < 1.29 is 13.9 Å². The van der Waals surface area contributed by atoms with Gasteiger partial charge in [0.2, 0.25) is 5.91 Å². The van der Waals surface area contributed by atoms with Crippen LogP contribution in [0.15, 0.2) is 22.8 Å². The molecule has 0 aromatic carbocycles. The first-order valence-electron chi connectivity index (χ1n) is 7.27. The van der Waals surface area contributed by atoms with Gasteiger partial charge in [0.1, 0.15) is 12.4 Å². The quantitative estimate of drug-likeness (QED) is 0.747. The van der Waals surface area contributed by atoms with Crippen molar-refractivity contribution in [2.24, 2.45) is 11.1 Å². The average Bonchev–Trinajstić information content (AvgIpc) is 3.05. The SMILES string of the molecule is CC1(C(=O)NCCCOCc2ccco2)CCCC1N. The molecule has 0 bridgehead atoms. The third-order valence-corrected chi connectivity index (χ3v) is 4.12. The van der Waals surface area contributed by atoms with Crippen LogP contribution in [0.2, 0.25) is 0 Å². The van der Waals surface area contributed by atoms with Crippen LogP contribution in [0.5, 0.6) is 0 Å². The summed E-state index contributed by atoms with van der Waals surface area (Å²) in [6, 6.07) is 3.70. The predicted molar refractivity (Wildman–Crippen MR) is 75.9 cm³/mol. The summed E-state index contributed by atoms with van der Waals surface area (Å²) in [5.74, 6) is 0.895. The molecule has 1 saturated carbocycles. The van der Waals surface area contributed by atoms with Gasteiger partial charge in [-0.15, -0.1) is 0 Å². The monoisotopic (exact) mass is 280 g/mol. The molecule has 0 radical (unpaired) electrons. The van der Waals surface area contributed by atoms with Crippen LogP contribution in [-0.2, 0) is 16.1 Å². The minimum absolute atomic E-state index is 0.0160. The Morgan fingerprint density at radius 2 is 2.50 bits per heavy atom. The van der Waals surface area contributed by atoms with E-state index in [9.17, 15) is 4.79 Å². The van der Waals surface area contributed by atoms with Gasteiger partial charge in [0.05, 0.1) is 11.7 Å². The van der Waals surface area contributed by atoms with Crippen LogP contribution >= 0.6 is 0 Å². The fraction of sp³-hybridized carbons (Fsp3) is 0.667. The number of nitrogens with one attached hydrogen (secondary N) is 1. The van der Waals surface area contributed by atoms with Crippen LogP contribution < -0.4 is 11.1 Å². The Balaban J connectivity index is 1.58. The number of furan rings is 1. The Hall–Kier alpha value is -1.33. The van der Waals surface area contributed by atoms with Crippen LogP contribution in [0.25, 0.3) is 0 Å². The highest BCUT2D eigenvalue weighted by atomic mass is 16.5. The van der Waals surface area contributed by atoms with Gasteiger partial charge in [0, 0.05) is 19.2 Å². The van der Waals surface area contributed by atoms with Gasteiger partial charge in [-0.3, -0.25) is 4.79 Å². The van der Waals surface area contributed by atoms with Gasteiger partial charge in [-0.25, -0.2) is 0 Å². The lowest BCUT2D eigenvalue weighted by Gasteiger charge is -2.27. The van der Waals surface area contributed by atoms with E-state index in [0.29, 0.717) is 19.8 Å². The summed E-state index contributed by atoms with van der Waals surface area (Å²) in [5, 5.41) is 2.97. The van der Waals surface area contributed by atoms with Crippen LogP contribution in [0.1, 0.15) is 38.4 Å². The molecule has 0 spiro atoms. The molecule has 1 fully saturated rings. The second-order valence-electron chi connectivity index (χ2n) is 5.66. The molecule has 0 saturated heterocycles. The van der Waals surface area contributed by atoms with E-state index in [1.165, 1.54) is 0 Å². The van der Waals surface area contributed by atoms with E-state index in [0.717, 1.165) is 31.4 Å². The Bertz CT molecular complexity index is 419. The zero-order valence-electron chi connectivity index (χ0n) is 12.1. The Morgan fingerprint density at radius 1 is 1.65 bits per heavy atom. The van der Waals surface area contributed by atoms with E-state index < -0.39 is 5.41 Å². The number of amides is 1. The molecule has 3 N–H and O–H groups in total. The van der Waals surface area contributed by atoms with Gasteiger partial charge in [0.25, 0.3) is 0 Å². The molecule has 20 heavy (non-hydrogen) atoms. The highest BCUT2D eigenvalue weighted by Gasteiger charge is 2.42. The summed E-state index contributed by atoms with van der Waals surface area (Å²) >= 11 is 0. The molecule has 2 rings (SSSR count). The van der Waals surface area contributed by atoms with Gasteiger partial charge >= 0.3 is 0 Å². The molecule has 0 aliphatic heterocycles. The number of hydrogen-bond donors (Lipinski definition) is 2. The van der Waals surface area contributed by atoms with Crippen molar-refractivity contribution in [3.8, 4) is 0 Å². The van der Waals surface area contributed by atoms with Gasteiger partial charge < -0.3 is 20.2 Å². The van der Waals surface area contributed by atoms with Gasteiger partial charge in [0.15, 0.2) is 0 Å². The maximum atomic E-state index is 12.2. The lowest BCUT2D eigenvalue weighted by atomic mass is 9.84. The molecule has 1 amide bonds. The predicted octanol–water partition coefficient (Wildman–Crippen LogP) is 1.82. The van der Waals surface area contributed by atoms with Crippen molar-refractivity contribution in [2.75, 3.05) is 13.2 Å². The number of carbonyl (C=O) groups is 1. The summed E-state index contributed by atoms with van der Waals surface area (Å²) in [7, 11) is 0. The molecular weight excluding hydrogens is 256 g/mol. The van der Waals surface area contributed by atoms with E-state index >= 15 is 0 Å². The highest BCUT2D eigenvalue weighted by molar-refractivity contribution is 5.83. The van der Waals surface area contributed by atoms with Crippen LogP contribution in [0.3, 0.4) is 0 Å². The van der Waals surface area contributed by atoms with E-state index in [2.05, 4.69) is 5.32 Å². The molecule has 5 nitrogen and oxygen atoms in total. The molecule has 2 unspecified atom stereocenters. The standard InChI is InChI=1S/C15H24N2O3/c1-15(7-2-6-13(15)16)14(18)17-8-4-9-19-11-12-5-3-10-20-12/h3,5,10,13H,2,4,6-9,11,16H2,1H3,(H,17,18). The fourth-order valence-electron chi connectivity index (χ4n) is 2.62. The first kappa shape index (κ1) is 15.1. The van der Waals surface area contributed by atoms with Crippen molar-refractivity contribution >= 4 is 5.91 Å². The molecular formula is C15H24N2O3. The molecule has 2 atom stereocenters. The van der Waals surface area contributed by atoms with E-state index in [4.69, 9.17) is 14.9 Å². The fourth-order valence-corrected chi connectivity index (χ4v) is 2.62. The smallest absolute Gasteiger partial charge is 0.227 e. The number of carbonyl (C=O) groups excluding carboxylic acids is 1. The number of hydrogen-bond acceptors (Lipinski definition) is 4. The summed E-state index contributed by atoms with van der Waals surface area (Å²) in [4.78, 5) is 12.2. The second-order valence-corrected chi connectivity index (χ2v) is 5.66. The van der Waals surface area contributed by atoms with Gasteiger partial charge in [-0.05, 0) is 38.3 Å². The first-order chi connectivity index (χ1) is 9.63. The minimum atomic E-state index is -0.394. The van der Waals surface area contributed by atoms with Crippen LogP contribution in [0.4, 0.5) is 0 Å². The lowest BCUT2D eigenvalue weighted by Crippen LogP contribution is -2.47. The molecule has 1 aromatic heterocycles. The topological polar surface area (TPSA) is 77.5 Å². The molecule has 5 heteroatoms. The molecule has 1 aliphatic carbocycles. The van der Waals surface area contributed by atoms with E-state index in [1.807, 2.05) is 19.1 Å². The average molecular weight is 280 g/mol. The Labute approximate surface area is 119 Å². The summed E-state index contributed by atoms with van der Waals surface area (Å²) < 4.78 is 10.6. The van der Waals surface area contributed by atoms with E-state index in [-0.39, 0.29) is 11.9 Å². The highest BCUT2D eigenvalue weighted by Crippen LogP contribution is 2.36. The summed E-state index contributed by atoms with van der Waals surface area (Å²) in [6.45, 7) is 3.67. The summed E-state index contributed by atoms with van der Waals surface area (Å²) in [5.41, 5.74) is 5.63. The molecule has 112 valence electrons. The Kier molecular flexibility index (Phi) is 5.20. The molecule has 1 heterocycles. The molecule has 1 aliphatic rings. The number of ether oxygens (including phenoxy) is 1. The zero-order chi connectivity index (χ0) is 14.4. The molecule has 1 aromatic rings. The first-order valence-corrected chi connectivity index (χ1v) is 7.27. The summed E-state index contributed by atoms with van der Waals surface area (Å²) in [6.07, 6.45) is 5.28. The third kappa shape index (κ3) is 3.61. The lowest BCUT2D eigenvalue weighted by molar-refractivity contribution is -0.130.